The lowest BCUT2D eigenvalue weighted by molar-refractivity contribution is 0.174. The zero-order chi connectivity index (χ0) is 9.47. The van der Waals surface area contributed by atoms with Gasteiger partial charge in [0.05, 0.1) is 5.54 Å². The third-order valence-electron chi connectivity index (χ3n) is 2.85. The van der Waals surface area contributed by atoms with Crippen molar-refractivity contribution >= 4 is 5.71 Å². The normalized spacial score (nSPS) is 27.9. The Morgan fingerprint density at radius 2 is 2.38 bits per heavy atom. The second-order valence-corrected chi connectivity index (χ2v) is 3.91. The van der Waals surface area contributed by atoms with Crippen molar-refractivity contribution in [3.05, 3.63) is 24.0 Å². The van der Waals surface area contributed by atoms with E-state index < -0.39 is 0 Å². The minimum absolute atomic E-state index is 0.0457. The van der Waals surface area contributed by atoms with Crippen molar-refractivity contribution in [2.24, 2.45) is 5.10 Å². The molecule has 2 heterocycles. The zero-order valence-electron chi connectivity index (χ0n) is 8.33. The highest BCUT2D eigenvalue weighted by atomic mass is 15.5. The smallest absolute Gasteiger partial charge is 0.0863 e. The molecule has 3 nitrogen and oxygen atoms in total. The molecule has 13 heavy (non-hydrogen) atoms. The van der Waals surface area contributed by atoms with Gasteiger partial charge < -0.3 is 4.98 Å². The van der Waals surface area contributed by atoms with E-state index in [0.29, 0.717) is 0 Å². The fourth-order valence-corrected chi connectivity index (χ4v) is 1.96. The molecule has 0 saturated heterocycles. The highest BCUT2D eigenvalue weighted by Crippen LogP contribution is 2.35. The highest BCUT2D eigenvalue weighted by Gasteiger charge is 2.36. The van der Waals surface area contributed by atoms with Crippen LogP contribution in [0.25, 0.3) is 0 Å². The molecule has 1 unspecified atom stereocenters. The van der Waals surface area contributed by atoms with E-state index in [1.54, 1.807) is 0 Å². The Bertz CT molecular complexity index is 326. The molecule has 0 amide bonds. The Morgan fingerprint density at radius 1 is 1.62 bits per heavy atom. The van der Waals surface area contributed by atoms with Gasteiger partial charge in [-0.3, -0.25) is 5.01 Å². The van der Waals surface area contributed by atoms with Crippen molar-refractivity contribution in [2.75, 3.05) is 7.05 Å². The van der Waals surface area contributed by atoms with Gasteiger partial charge in [0.15, 0.2) is 0 Å². The summed E-state index contributed by atoms with van der Waals surface area (Å²) < 4.78 is 0. The van der Waals surface area contributed by atoms with E-state index in [1.807, 2.05) is 24.5 Å². The van der Waals surface area contributed by atoms with Crippen LogP contribution < -0.4 is 0 Å². The summed E-state index contributed by atoms with van der Waals surface area (Å²) in [5.74, 6) is 0. The van der Waals surface area contributed by atoms with Gasteiger partial charge in [0, 0.05) is 31.6 Å². The maximum atomic E-state index is 4.43. The van der Waals surface area contributed by atoms with Gasteiger partial charge in [-0.15, -0.1) is 0 Å². The Labute approximate surface area is 78.4 Å². The third kappa shape index (κ3) is 1.15. The number of aromatic amines is 1. The molecule has 0 saturated carbocycles. The first kappa shape index (κ1) is 8.35. The third-order valence-corrected chi connectivity index (χ3v) is 2.85. The van der Waals surface area contributed by atoms with E-state index in [1.165, 1.54) is 11.3 Å². The Kier molecular flexibility index (Phi) is 1.68. The molecule has 1 aromatic heterocycles. The van der Waals surface area contributed by atoms with Crippen LogP contribution in [0, 0.1) is 0 Å². The van der Waals surface area contributed by atoms with E-state index in [0.717, 1.165) is 6.42 Å². The molecule has 1 aliphatic rings. The largest absolute Gasteiger partial charge is 0.367 e. The van der Waals surface area contributed by atoms with Crippen molar-refractivity contribution in [3.8, 4) is 0 Å². The molecule has 0 fully saturated rings. The first-order chi connectivity index (χ1) is 6.13. The van der Waals surface area contributed by atoms with Gasteiger partial charge in [0.1, 0.15) is 0 Å². The Morgan fingerprint density at radius 3 is 2.85 bits per heavy atom. The van der Waals surface area contributed by atoms with Crippen molar-refractivity contribution in [3.63, 3.8) is 0 Å². The molecule has 1 N–H and O–H groups in total. The summed E-state index contributed by atoms with van der Waals surface area (Å²) in [5.41, 5.74) is 2.55. The number of rotatable bonds is 1. The van der Waals surface area contributed by atoms with Gasteiger partial charge in [0.25, 0.3) is 0 Å². The van der Waals surface area contributed by atoms with Crippen LogP contribution in [-0.2, 0) is 5.54 Å². The van der Waals surface area contributed by atoms with E-state index in [9.17, 15) is 0 Å². The van der Waals surface area contributed by atoms with E-state index in [2.05, 4.69) is 30.0 Å². The predicted molar refractivity (Wildman–Crippen MR) is 53.6 cm³/mol. The molecule has 70 valence electrons. The molecule has 2 rings (SSSR count). The maximum absolute atomic E-state index is 4.43. The number of hydrogen-bond donors (Lipinski definition) is 1. The number of hydrazone groups is 1. The lowest BCUT2D eigenvalue weighted by Crippen LogP contribution is -2.33. The van der Waals surface area contributed by atoms with Crippen LogP contribution >= 0.6 is 0 Å². The molecule has 1 atom stereocenters. The van der Waals surface area contributed by atoms with Crippen LogP contribution in [0.2, 0.25) is 0 Å². The minimum atomic E-state index is 0.0457. The number of H-pyrrole nitrogens is 1. The van der Waals surface area contributed by atoms with Crippen molar-refractivity contribution in [1.29, 1.82) is 0 Å². The van der Waals surface area contributed by atoms with Gasteiger partial charge in [0.2, 0.25) is 0 Å². The summed E-state index contributed by atoms with van der Waals surface area (Å²) >= 11 is 0. The molecule has 0 spiro atoms. The van der Waals surface area contributed by atoms with Gasteiger partial charge in [-0.25, -0.2) is 0 Å². The summed E-state index contributed by atoms with van der Waals surface area (Å²) in [5, 5.41) is 6.48. The minimum Gasteiger partial charge on any atom is -0.367 e. The van der Waals surface area contributed by atoms with Crippen molar-refractivity contribution in [1.82, 2.24) is 9.99 Å². The maximum Gasteiger partial charge on any atom is 0.0863 e. The molecule has 0 aromatic carbocycles. The van der Waals surface area contributed by atoms with E-state index in [4.69, 9.17) is 0 Å². The quantitative estimate of drug-likeness (QED) is 0.698. The summed E-state index contributed by atoms with van der Waals surface area (Å²) in [6.07, 6.45) is 5.02. The Hall–Kier alpha value is -1.25. The van der Waals surface area contributed by atoms with Crippen LogP contribution in [0.15, 0.2) is 23.6 Å². The van der Waals surface area contributed by atoms with Gasteiger partial charge in [-0.1, -0.05) is 0 Å². The second-order valence-electron chi connectivity index (χ2n) is 3.91. The topological polar surface area (TPSA) is 31.4 Å². The molecule has 0 aliphatic carbocycles. The SMILES string of the molecule is CC1=NN(C)C(C)(c2cc[nH]c2)C1. The van der Waals surface area contributed by atoms with Crippen LogP contribution in [0.5, 0.6) is 0 Å². The fourth-order valence-electron chi connectivity index (χ4n) is 1.96. The standard InChI is InChI=1S/C10H15N3/c1-8-6-10(2,13(3)12-8)9-4-5-11-7-9/h4-5,7,11H,6H2,1-3H3. The van der Waals surface area contributed by atoms with Crippen LogP contribution in [-0.4, -0.2) is 22.8 Å². The molecule has 3 heteroatoms. The van der Waals surface area contributed by atoms with Crippen LogP contribution in [0.4, 0.5) is 0 Å². The molecule has 1 aliphatic heterocycles. The molecule has 0 bridgehead atoms. The lowest BCUT2D eigenvalue weighted by atomic mass is 9.90. The summed E-state index contributed by atoms with van der Waals surface area (Å²) in [4.78, 5) is 3.09. The monoisotopic (exact) mass is 177 g/mol. The lowest BCUT2D eigenvalue weighted by Gasteiger charge is -2.30. The van der Waals surface area contributed by atoms with E-state index >= 15 is 0 Å². The van der Waals surface area contributed by atoms with Gasteiger partial charge in [-0.2, -0.15) is 5.10 Å². The van der Waals surface area contributed by atoms with Crippen molar-refractivity contribution < 1.29 is 0 Å². The summed E-state index contributed by atoms with van der Waals surface area (Å²) in [6.45, 7) is 4.30. The first-order valence-corrected chi connectivity index (χ1v) is 4.54. The van der Waals surface area contributed by atoms with Crippen LogP contribution in [0.3, 0.4) is 0 Å². The highest BCUT2D eigenvalue weighted by molar-refractivity contribution is 5.84. The first-order valence-electron chi connectivity index (χ1n) is 4.54. The molecule has 1 aromatic rings. The number of hydrogen-bond acceptors (Lipinski definition) is 2. The summed E-state index contributed by atoms with van der Waals surface area (Å²) in [6, 6.07) is 2.12. The molecular weight excluding hydrogens is 162 g/mol. The predicted octanol–water partition coefficient (Wildman–Crippen LogP) is 1.94. The zero-order valence-corrected chi connectivity index (χ0v) is 8.33. The summed E-state index contributed by atoms with van der Waals surface area (Å²) in [7, 11) is 2.03. The molecular formula is C10H15N3. The molecule has 0 radical (unpaired) electrons. The number of nitrogens with one attached hydrogen (secondary N) is 1. The van der Waals surface area contributed by atoms with Crippen LogP contribution in [0.1, 0.15) is 25.8 Å². The Balaban J connectivity index is 2.34. The average Bonchev–Trinajstić information content (AvgIpc) is 2.61. The van der Waals surface area contributed by atoms with Crippen molar-refractivity contribution in [2.45, 2.75) is 25.8 Å². The number of nitrogens with zero attached hydrogens (tertiary/aromatic N) is 2. The number of aromatic nitrogens is 1. The average molecular weight is 177 g/mol. The van der Waals surface area contributed by atoms with Gasteiger partial charge in [-0.05, 0) is 25.5 Å². The van der Waals surface area contributed by atoms with E-state index in [-0.39, 0.29) is 5.54 Å². The van der Waals surface area contributed by atoms with Gasteiger partial charge >= 0.3 is 0 Å². The fraction of sp³-hybridized carbons (Fsp3) is 0.500. The second kappa shape index (κ2) is 2.62.